The van der Waals surface area contributed by atoms with Gasteiger partial charge in [-0.3, -0.25) is 0 Å². The topological polar surface area (TPSA) is 46.2 Å². The zero-order valence-corrected chi connectivity index (χ0v) is 14.3. The van der Waals surface area contributed by atoms with Crippen molar-refractivity contribution in [3.05, 3.63) is 65.2 Å². The van der Waals surface area contributed by atoms with Gasteiger partial charge in [0.05, 0.1) is 5.02 Å². The number of sulfonamides is 1. The highest BCUT2D eigenvalue weighted by Gasteiger charge is 2.21. The molecule has 0 aliphatic heterocycles. The van der Waals surface area contributed by atoms with Crippen molar-refractivity contribution in [3.8, 4) is 0 Å². The smallest absolute Gasteiger partial charge is 0.207 e. The van der Waals surface area contributed by atoms with E-state index in [0.29, 0.717) is 11.8 Å². The van der Waals surface area contributed by atoms with Crippen molar-refractivity contribution in [2.24, 2.45) is 0 Å². The van der Waals surface area contributed by atoms with Crippen LogP contribution in [0, 0.1) is 0 Å². The Balaban J connectivity index is 2.16. The molecule has 21 heavy (non-hydrogen) atoms. The molecule has 0 radical (unpaired) electrons. The van der Waals surface area contributed by atoms with Gasteiger partial charge in [0.15, 0.2) is 0 Å². The van der Waals surface area contributed by atoms with E-state index in [-0.39, 0.29) is 16.0 Å². The zero-order valence-electron chi connectivity index (χ0n) is 11.2. The second-order valence-corrected chi connectivity index (χ2v) is 7.33. The van der Waals surface area contributed by atoms with Crippen LogP contribution in [0.15, 0.2) is 59.5 Å². The van der Waals surface area contributed by atoms with Gasteiger partial charge < -0.3 is 0 Å². The lowest BCUT2D eigenvalue weighted by Gasteiger charge is -2.17. The van der Waals surface area contributed by atoms with E-state index >= 15 is 0 Å². The van der Waals surface area contributed by atoms with Gasteiger partial charge in [0.2, 0.25) is 10.0 Å². The van der Waals surface area contributed by atoms with Crippen molar-refractivity contribution in [2.75, 3.05) is 5.33 Å². The molecule has 2 rings (SSSR count). The van der Waals surface area contributed by atoms with Crippen LogP contribution in [-0.4, -0.2) is 19.8 Å². The molecule has 1 unspecified atom stereocenters. The Hall–Kier alpha value is -0.880. The third-order valence-corrected chi connectivity index (χ3v) is 5.76. The molecular formula is C15H15BrClNO2S. The number of nitrogens with one attached hydrogen (secondary N) is 1. The van der Waals surface area contributed by atoms with Crippen LogP contribution in [0.5, 0.6) is 0 Å². The van der Waals surface area contributed by atoms with E-state index in [1.807, 2.05) is 30.3 Å². The monoisotopic (exact) mass is 387 g/mol. The lowest BCUT2D eigenvalue weighted by Crippen LogP contribution is -2.37. The average Bonchev–Trinajstić information content (AvgIpc) is 2.47. The summed E-state index contributed by atoms with van der Waals surface area (Å²) in [6.07, 6.45) is 0.607. The number of halogens is 2. The summed E-state index contributed by atoms with van der Waals surface area (Å²) in [7, 11) is -3.63. The fourth-order valence-electron chi connectivity index (χ4n) is 1.97. The molecule has 0 bridgehead atoms. The van der Waals surface area contributed by atoms with Gasteiger partial charge in [0.25, 0.3) is 0 Å². The number of alkyl halides is 1. The Bertz CT molecular complexity index is 692. The highest BCUT2D eigenvalue weighted by Crippen LogP contribution is 2.21. The average molecular weight is 389 g/mol. The molecule has 0 spiro atoms. The Labute approximate surface area is 138 Å². The molecule has 0 aromatic heterocycles. The second-order valence-electron chi connectivity index (χ2n) is 4.59. The molecule has 2 aromatic carbocycles. The van der Waals surface area contributed by atoms with Gasteiger partial charge in [-0.1, -0.05) is 70.0 Å². The summed E-state index contributed by atoms with van der Waals surface area (Å²) < 4.78 is 27.5. The highest BCUT2D eigenvalue weighted by molar-refractivity contribution is 9.09. The molecule has 0 fully saturated rings. The van der Waals surface area contributed by atoms with E-state index in [2.05, 4.69) is 20.7 Å². The van der Waals surface area contributed by atoms with E-state index in [4.69, 9.17) is 11.6 Å². The summed E-state index contributed by atoms with van der Waals surface area (Å²) in [5.74, 6) is 0. The lowest BCUT2D eigenvalue weighted by atomic mass is 10.1. The molecular weight excluding hydrogens is 374 g/mol. The van der Waals surface area contributed by atoms with Crippen molar-refractivity contribution >= 4 is 37.6 Å². The first kappa shape index (κ1) is 16.5. The molecule has 0 amide bonds. The van der Waals surface area contributed by atoms with E-state index in [9.17, 15) is 8.42 Å². The van der Waals surface area contributed by atoms with E-state index in [1.165, 1.54) is 6.07 Å². The third-order valence-electron chi connectivity index (χ3n) is 2.96. The molecule has 0 heterocycles. The summed E-state index contributed by atoms with van der Waals surface area (Å²) in [6, 6.07) is 15.9. The van der Waals surface area contributed by atoms with Crippen LogP contribution in [0.1, 0.15) is 5.56 Å². The Kier molecular flexibility index (Phi) is 5.81. The van der Waals surface area contributed by atoms with Crippen LogP contribution in [-0.2, 0) is 16.4 Å². The summed E-state index contributed by atoms with van der Waals surface area (Å²) in [5.41, 5.74) is 1.07. The SMILES string of the molecule is O=S(=O)(NC(CBr)Cc1ccccc1)c1ccccc1Cl. The van der Waals surface area contributed by atoms with Gasteiger partial charge in [0.1, 0.15) is 4.90 Å². The summed E-state index contributed by atoms with van der Waals surface area (Å²) >= 11 is 9.32. The fraction of sp³-hybridized carbons (Fsp3) is 0.200. The van der Waals surface area contributed by atoms with Crippen molar-refractivity contribution < 1.29 is 8.42 Å². The molecule has 0 saturated carbocycles. The molecule has 0 aliphatic rings. The van der Waals surface area contributed by atoms with Gasteiger partial charge in [-0.2, -0.15) is 0 Å². The highest BCUT2D eigenvalue weighted by atomic mass is 79.9. The summed E-state index contributed by atoms with van der Waals surface area (Å²) in [6.45, 7) is 0. The van der Waals surface area contributed by atoms with Crippen LogP contribution in [0.25, 0.3) is 0 Å². The normalized spacial score (nSPS) is 13.0. The zero-order chi connectivity index (χ0) is 15.3. The quantitative estimate of drug-likeness (QED) is 0.768. The number of hydrogen-bond donors (Lipinski definition) is 1. The van der Waals surface area contributed by atoms with Crippen LogP contribution < -0.4 is 4.72 Å². The Morgan fingerprint density at radius 2 is 1.67 bits per heavy atom. The minimum Gasteiger partial charge on any atom is -0.207 e. The van der Waals surface area contributed by atoms with Crippen LogP contribution in [0.2, 0.25) is 5.02 Å². The van der Waals surface area contributed by atoms with Gasteiger partial charge >= 0.3 is 0 Å². The van der Waals surface area contributed by atoms with Crippen LogP contribution in [0.3, 0.4) is 0 Å². The van der Waals surface area contributed by atoms with Gasteiger partial charge in [-0.25, -0.2) is 13.1 Å². The molecule has 0 aliphatic carbocycles. The van der Waals surface area contributed by atoms with Crippen molar-refractivity contribution in [3.63, 3.8) is 0 Å². The largest absolute Gasteiger partial charge is 0.242 e. The number of hydrogen-bond acceptors (Lipinski definition) is 2. The number of rotatable bonds is 6. The molecule has 6 heteroatoms. The van der Waals surface area contributed by atoms with Gasteiger partial charge in [-0.05, 0) is 24.1 Å². The first-order valence-electron chi connectivity index (χ1n) is 6.39. The van der Waals surface area contributed by atoms with Gasteiger partial charge in [0, 0.05) is 11.4 Å². The second kappa shape index (κ2) is 7.40. The summed E-state index contributed by atoms with van der Waals surface area (Å²) in [5, 5.41) is 0.740. The molecule has 3 nitrogen and oxygen atoms in total. The Morgan fingerprint density at radius 1 is 1.05 bits per heavy atom. The van der Waals surface area contributed by atoms with E-state index < -0.39 is 10.0 Å². The predicted molar refractivity (Wildman–Crippen MR) is 89.5 cm³/mol. The maximum absolute atomic E-state index is 12.4. The molecule has 2 aromatic rings. The maximum Gasteiger partial charge on any atom is 0.242 e. The minimum absolute atomic E-state index is 0.102. The molecule has 0 saturated heterocycles. The van der Waals surface area contributed by atoms with Crippen LogP contribution >= 0.6 is 27.5 Å². The van der Waals surface area contributed by atoms with Crippen LogP contribution in [0.4, 0.5) is 0 Å². The fourth-order valence-corrected chi connectivity index (χ4v) is 4.33. The van der Waals surface area contributed by atoms with Gasteiger partial charge in [-0.15, -0.1) is 0 Å². The number of benzene rings is 2. The Morgan fingerprint density at radius 3 is 2.29 bits per heavy atom. The standard InChI is InChI=1S/C15H15BrClNO2S/c16-11-13(10-12-6-2-1-3-7-12)18-21(19,20)15-9-5-4-8-14(15)17/h1-9,13,18H,10-11H2. The first-order valence-corrected chi connectivity index (χ1v) is 9.38. The predicted octanol–water partition coefficient (Wildman–Crippen LogP) is 3.62. The van der Waals surface area contributed by atoms with E-state index in [0.717, 1.165) is 5.56 Å². The minimum atomic E-state index is -3.63. The molecule has 1 atom stereocenters. The van der Waals surface area contributed by atoms with Crippen molar-refractivity contribution in [2.45, 2.75) is 17.4 Å². The lowest BCUT2D eigenvalue weighted by molar-refractivity contribution is 0.562. The molecule has 1 N–H and O–H groups in total. The maximum atomic E-state index is 12.4. The van der Waals surface area contributed by atoms with Crippen molar-refractivity contribution in [1.29, 1.82) is 0 Å². The van der Waals surface area contributed by atoms with Crippen molar-refractivity contribution in [1.82, 2.24) is 4.72 Å². The van der Waals surface area contributed by atoms with E-state index in [1.54, 1.807) is 18.2 Å². The molecule has 112 valence electrons. The third kappa shape index (κ3) is 4.54. The first-order chi connectivity index (χ1) is 10.0. The summed E-state index contributed by atoms with van der Waals surface area (Å²) in [4.78, 5) is 0.102.